The molecule has 27 heavy (non-hydrogen) atoms. The Hall–Kier alpha value is -1.67. The Morgan fingerprint density at radius 1 is 0.926 bits per heavy atom. The summed E-state index contributed by atoms with van der Waals surface area (Å²) in [5.41, 5.74) is 4.20. The van der Waals surface area contributed by atoms with Gasteiger partial charge < -0.3 is 0 Å². The first kappa shape index (κ1) is 20.1. The normalized spacial score (nSPS) is 21.3. The molecule has 0 heterocycles. The smallest absolute Gasteiger partial charge is 0.100 e. The van der Waals surface area contributed by atoms with Crippen LogP contribution in [0.3, 0.4) is 0 Å². The summed E-state index contributed by atoms with van der Waals surface area (Å²) in [5.74, 6) is 0.562. The molecular weight excluding hydrogens is 333 g/mol. The number of hydrogen-bond acceptors (Lipinski definition) is 1. The fourth-order valence-corrected chi connectivity index (χ4v) is 4.41. The summed E-state index contributed by atoms with van der Waals surface area (Å²) >= 11 is 0. The van der Waals surface area contributed by atoms with E-state index < -0.39 is 6.17 Å². The Balaban J connectivity index is 1.50. The fourth-order valence-electron chi connectivity index (χ4n) is 4.41. The first-order valence-corrected chi connectivity index (χ1v) is 10.6. The van der Waals surface area contributed by atoms with Crippen molar-refractivity contribution in [3.05, 3.63) is 71.3 Å². The van der Waals surface area contributed by atoms with Gasteiger partial charge in [-0.25, -0.2) is 4.39 Å². The standard InChI is InChI=1S/C25H34FN/c1-3-25(27(2)19-21-7-5-4-6-8-21)18-11-20-9-12-22(13-10-20)23-14-16-24(26)17-15-23/h4-10,12-13,23-25H,3,11,14-19H2,1-2H3. The molecule has 0 saturated heterocycles. The van der Waals surface area contributed by atoms with Crippen LogP contribution in [0, 0.1) is 0 Å². The molecule has 2 aromatic carbocycles. The van der Waals surface area contributed by atoms with Crippen molar-refractivity contribution in [1.82, 2.24) is 4.90 Å². The molecule has 3 rings (SSSR count). The first-order valence-electron chi connectivity index (χ1n) is 10.6. The summed E-state index contributed by atoms with van der Waals surface area (Å²) in [4.78, 5) is 2.49. The zero-order chi connectivity index (χ0) is 19.1. The van der Waals surface area contributed by atoms with Crippen LogP contribution in [-0.4, -0.2) is 24.2 Å². The molecule has 2 heteroatoms. The minimum Gasteiger partial charge on any atom is -0.299 e. The SMILES string of the molecule is CCC(CCc1ccc(C2CCC(F)CC2)cc1)N(C)Cc1ccccc1. The van der Waals surface area contributed by atoms with Crippen molar-refractivity contribution in [1.29, 1.82) is 0 Å². The van der Waals surface area contributed by atoms with Crippen LogP contribution in [0.1, 0.15) is 68.1 Å². The predicted molar refractivity (Wildman–Crippen MR) is 113 cm³/mol. The van der Waals surface area contributed by atoms with Crippen molar-refractivity contribution < 1.29 is 4.39 Å². The van der Waals surface area contributed by atoms with Gasteiger partial charge in [-0.1, -0.05) is 61.5 Å². The molecule has 0 bridgehead atoms. The lowest BCUT2D eigenvalue weighted by Crippen LogP contribution is -2.31. The molecule has 2 aromatic rings. The lowest BCUT2D eigenvalue weighted by atomic mass is 9.83. The van der Waals surface area contributed by atoms with E-state index >= 15 is 0 Å². The van der Waals surface area contributed by atoms with E-state index in [0.29, 0.717) is 12.0 Å². The first-order chi connectivity index (χ1) is 13.2. The highest BCUT2D eigenvalue weighted by molar-refractivity contribution is 5.26. The maximum Gasteiger partial charge on any atom is 0.100 e. The van der Waals surface area contributed by atoms with E-state index in [2.05, 4.69) is 73.5 Å². The van der Waals surface area contributed by atoms with Crippen LogP contribution >= 0.6 is 0 Å². The monoisotopic (exact) mass is 367 g/mol. The van der Waals surface area contributed by atoms with Gasteiger partial charge in [0.15, 0.2) is 0 Å². The molecule has 0 aromatic heterocycles. The van der Waals surface area contributed by atoms with Crippen molar-refractivity contribution in [3.8, 4) is 0 Å². The average Bonchev–Trinajstić information content (AvgIpc) is 2.70. The molecule has 0 spiro atoms. The number of rotatable bonds is 8. The number of hydrogen-bond donors (Lipinski definition) is 0. The van der Waals surface area contributed by atoms with Gasteiger partial charge in [0.2, 0.25) is 0 Å². The molecule has 0 radical (unpaired) electrons. The Morgan fingerprint density at radius 3 is 2.22 bits per heavy atom. The van der Waals surface area contributed by atoms with Gasteiger partial charge in [-0.2, -0.15) is 0 Å². The van der Waals surface area contributed by atoms with Crippen LogP contribution < -0.4 is 0 Å². The Morgan fingerprint density at radius 2 is 1.59 bits per heavy atom. The second-order valence-electron chi connectivity index (χ2n) is 8.19. The number of benzene rings is 2. The van der Waals surface area contributed by atoms with E-state index in [0.717, 1.165) is 38.6 Å². The minimum absolute atomic E-state index is 0.562. The number of aryl methyl sites for hydroxylation is 1. The molecule has 1 nitrogen and oxygen atoms in total. The van der Waals surface area contributed by atoms with Gasteiger partial charge >= 0.3 is 0 Å². The second-order valence-corrected chi connectivity index (χ2v) is 8.19. The zero-order valence-corrected chi connectivity index (χ0v) is 16.9. The minimum atomic E-state index is -0.570. The lowest BCUT2D eigenvalue weighted by Gasteiger charge is -2.27. The molecule has 1 atom stereocenters. The van der Waals surface area contributed by atoms with E-state index in [1.807, 2.05) is 0 Å². The maximum absolute atomic E-state index is 13.3. The third-order valence-corrected chi connectivity index (χ3v) is 6.24. The summed E-state index contributed by atoms with van der Waals surface area (Å²) in [6, 6.07) is 20.5. The zero-order valence-electron chi connectivity index (χ0n) is 16.9. The summed E-state index contributed by atoms with van der Waals surface area (Å²) in [6.07, 6.45) is 6.39. The highest BCUT2D eigenvalue weighted by Crippen LogP contribution is 2.34. The van der Waals surface area contributed by atoms with Crippen LogP contribution in [0.2, 0.25) is 0 Å². The summed E-state index contributed by atoms with van der Waals surface area (Å²) in [7, 11) is 2.24. The van der Waals surface area contributed by atoms with Crippen LogP contribution in [0.4, 0.5) is 4.39 Å². The van der Waals surface area contributed by atoms with E-state index in [1.165, 1.54) is 29.5 Å². The van der Waals surface area contributed by atoms with Gasteiger partial charge in [-0.3, -0.25) is 4.90 Å². The Labute approximate surface area is 164 Å². The highest BCUT2D eigenvalue weighted by atomic mass is 19.1. The van der Waals surface area contributed by atoms with Crippen molar-refractivity contribution in [2.24, 2.45) is 0 Å². The molecule has 1 aliphatic carbocycles. The number of alkyl halides is 1. The molecule has 1 aliphatic rings. The average molecular weight is 368 g/mol. The second kappa shape index (κ2) is 10.0. The van der Waals surface area contributed by atoms with E-state index in [1.54, 1.807) is 0 Å². The predicted octanol–water partition coefficient (Wildman–Crippen LogP) is 6.53. The fraction of sp³-hybridized carbons (Fsp3) is 0.520. The Bertz CT molecular complexity index is 658. The van der Waals surface area contributed by atoms with Gasteiger partial charge in [0.05, 0.1) is 0 Å². The summed E-state index contributed by atoms with van der Waals surface area (Å²) in [6.45, 7) is 3.30. The van der Waals surface area contributed by atoms with E-state index in [4.69, 9.17) is 0 Å². The number of halogens is 1. The van der Waals surface area contributed by atoms with Gasteiger partial charge in [0.1, 0.15) is 6.17 Å². The van der Waals surface area contributed by atoms with Crippen LogP contribution in [-0.2, 0) is 13.0 Å². The molecular formula is C25H34FN. The van der Waals surface area contributed by atoms with Gasteiger partial charge in [-0.05, 0) is 74.6 Å². The van der Waals surface area contributed by atoms with Gasteiger partial charge in [0.25, 0.3) is 0 Å². The molecule has 1 saturated carbocycles. The summed E-state index contributed by atoms with van der Waals surface area (Å²) in [5, 5.41) is 0. The Kier molecular flexibility index (Phi) is 7.46. The van der Waals surface area contributed by atoms with Crippen LogP contribution in [0.25, 0.3) is 0 Å². The van der Waals surface area contributed by atoms with Crippen molar-refractivity contribution >= 4 is 0 Å². The molecule has 0 aliphatic heterocycles. The molecule has 146 valence electrons. The lowest BCUT2D eigenvalue weighted by molar-refractivity contribution is 0.216. The third kappa shape index (κ3) is 5.90. The van der Waals surface area contributed by atoms with E-state index in [-0.39, 0.29) is 0 Å². The van der Waals surface area contributed by atoms with Gasteiger partial charge in [0, 0.05) is 12.6 Å². The number of nitrogens with zero attached hydrogens (tertiary/aromatic N) is 1. The van der Waals surface area contributed by atoms with E-state index in [9.17, 15) is 4.39 Å². The maximum atomic E-state index is 13.3. The largest absolute Gasteiger partial charge is 0.299 e. The van der Waals surface area contributed by atoms with Crippen molar-refractivity contribution in [2.45, 2.75) is 76.5 Å². The molecule has 1 unspecified atom stereocenters. The van der Waals surface area contributed by atoms with Crippen molar-refractivity contribution in [2.75, 3.05) is 7.05 Å². The summed E-state index contributed by atoms with van der Waals surface area (Å²) < 4.78 is 13.3. The molecule has 0 N–H and O–H groups in total. The van der Waals surface area contributed by atoms with Gasteiger partial charge in [-0.15, -0.1) is 0 Å². The topological polar surface area (TPSA) is 3.24 Å². The van der Waals surface area contributed by atoms with Crippen LogP contribution in [0.15, 0.2) is 54.6 Å². The molecule has 1 fully saturated rings. The van der Waals surface area contributed by atoms with Crippen LogP contribution in [0.5, 0.6) is 0 Å². The quantitative estimate of drug-likeness (QED) is 0.513. The third-order valence-electron chi connectivity index (χ3n) is 6.24. The molecule has 0 amide bonds. The van der Waals surface area contributed by atoms with Crippen molar-refractivity contribution in [3.63, 3.8) is 0 Å². The highest BCUT2D eigenvalue weighted by Gasteiger charge is 2.21.